The quantitative estimate of drug-likeness (QED) is 0.726. The van der Waals surface area contributed by atoms with Gasteiger partial charge in [-0.2, -0.15) is 0 Å². The maximum atomic E-state index is 12.2. The van der Waals surface area contributed by atoms with Crippen LogP contribution < -0.4 is 10.4 Å². The second kappa shape index (κ2) is 7.09. The first kappa shape index (κ1) is 16.6. The number of benzene rings is 2. The number of ether oxygens (including phenoxy) is 2. The number of esters is 1. The zero-order valence-electron chi connectivity index (χ0n) is 14.0. The van der Waals surface area contributed by atoms with E-state index < -0.39 is 5.97 Å². The van der Waals surface area contributed by atoms with Crippen LogP contribution in [-0.4, -0.2) is 22.6 Å². The molecule has 0 atom stereocenters. The minimum absolute atomic E-state index is 0.161. The van der Waals surface area contributed by atoms with Crippen molar-refractivity contribution in [3.05, 3.63) is 82.0 Å². The number of aromatic nitrogens is 2. The molecule has 0 aliphatic carbocycles. The van der Waals surface area contributed by atoms with Gasteiger partial charge in [-0.25, -0.2) is 9.59 Å². The lowest BCUT2D eigenvalue weighted by atomic mass is 10.2. The highest BCUT2D eigenvalue weighted by molar-refractivity contribution is 5.89. The fourth-order valence-corrected chi connectivity index (χ4v) is 2.52. The minimum Gasteiger partial charge on any atom is -0.497 e. The lowest BCUT2D eigenvalue weighted by molar-refractivity contribution is 0.0472. The molecule has 0 unspecified atom stereocenters. The van der Waals surface area contributed by atoms with Crippen molar-refractivity contribution in [3.63, 3.8) is 0 Å². The van der Waals surface area contributed by atoms with Gasteiger partial charge in [0.05, 0.1) is 18.4 Å². The molecule has 3 aromatic rings. The van der Waals surface area contributed by atoms with E-state index in [1.165, 1.54) is 4.57 Å². The van der Waals surface area contributed by atoms with Gasteiger partial charge in [-0.15, -0.1) is 0 Å². The van der Waals surface area contributed by atoms with E-state index in [1.54, 1.807) is 37.6 Å². The molecule has 0 saturated carbocycles. The highest BCUT2D eigenvalue weighted by Crippen LogP contribution is 2.15. The van der Waals surface area contributed by atoms with Gasteiger partial charge in [0.15, 0.2) is 0 Å². The average molecular weight is 338 g/mol. The Bertz CT molecular complexity index is 939. The number of nitrogens with zero attached hydrogens (tertiary/aromatic N) is 1. The lowest BCUT2D eigenvalue weighted by Gasteiger charge is -2.08. The molecular formula is C19H18N2O4. The van der Waals surface area contributed by atoms with Crippen LogP contribution in [0.2, 0.25) is 0 Å². The van der Waals surface area contributed by atoms with E-state index >= 15 is 0 Å². The van der Waals surface area contributed by atoms with Crippen molar-refractivity contribution in [1.82, 2.24) is 9.55 Å². The first-order chi connectivity index (χ1) is 12.1. The molecule has 3 rings (SSSR count). The summed E-state index contributed by atoms with van der Waals surface area (Å²) >= 11 is 0. The smallest absolute Gasteiger partial charge is 0.338 e. The largest absolute Gasteiger partial charge is 0.497 e. The molecule has 0 saturated heterocycles. The van der Waals surface area contributed by atoms with E-state index in [9.17, 15) is 9.59 Å². The molecule has 6 heteroatoms. The molecule has 0 fully saturated rings. The second-order valence-electron chi connectivity index (χ2n) is 5.55. The van der Waals surface area contributed by atoms with Crippen molar-refractivity contribution in [1.29, 1.82) is 0 Å². The number of rotatable bonds is 5. The van der Waals surface area contributed by atoms with Gasteiger partial charge in [-0.3, -0.25) is 4.57 Å². The number of H-pyrrole nitrogens is 1. The lowest BCUT2D eigenvalue weighted by Crippen LogP contribution is -2.16. The summed E-state index contributed by atoms with van der Waals surface area (Å²) in [6.45, 7) is 1.99. The van der Waals surface area contributed by atoms with Gasteiger partial charge >= 0.3 is 11.7 Å². The molecule has 0 aliphatic heterocycles. The molecule has 128 valence electrons. The summed E-state index contributed by atoms with van der Waals surface area (Å²) in [4.78, 5) is 26.6. The third-order valence-electron chi connectivity index (χ3n) is 3.83. The van der Waals surface area contributed by atoms with Crippen LogP contribution in [0.1, 0.15) is 21.6 Å². The van der Waals surface area contributed by atoms with Crippen LogP contribution in [0.5, 0.6) is 5.75 Å². The summed E-state index contributed by atoms with van der Waals surface area (Å²) in [5.41, 5.74) is 2.53. The van der Waals surface area contributed by atoms with E-state index in [0.717, 1.165) is 11.3 Å². The Morgan fingerprint density at radius 1 is 1.16 bits per heavy atom. The van der Waals surface area contributed by atoms with Gasteiger partial charge in [0, 0.05) is 11.9 Å². The number of hydrogen-bond acceptors (Lipinski definition) is 4. The first-order valence-corrected chi connectivity index (χ1v) is 7.76. The van der Waals surface area contributed by atoms with E-state index in [1.807, 2.05) is 31.2 Å². The van der Waals surface area contributed by atoms with Gasteiger partial charge < -0.3 is 14.5 Å². The average Bonchev–Trinajstić information content (AvgIpc) is 2.98. The summed E-state index contributed by atoms with van der Waals surface area (Å²) in [7, 11) is 1.59. The number of carbonyl (C=O) groups excluding carboxylic acids is 1. The Morgan fingerprint density at radius 3 is 2.56 bits per heavy atom. The van der Waals surface area contributed by atoms with E-state index in [4.69, 9.17) is 9.47 Å². The van der Waals surface area contributed by atoms with Crippen LogP contribution in [-0.2, 0) is 11.3 Å². The molecule has 1 N–H and O–H groups in total. The maximum absolute atomic E-state index is 12.2. The third-order valence-corrected chi connectivity index (χ3v) is 3.83. The molecule has 0 spiro atoms. The van der Waals surface area contributed by atoms with Gasteiger partial charge in [0.1, 0.15) is 12.4 Å². The normalized spacial score (nSPS) is 10.5. The molecule has 0 amide bonds. The Morgan fingerprint density at radius 2 is 1.92 bits per heavy atom. The highest BCUT2D eigenvalue weighted by Gasteiger charge is 2.10. The van der Waals surface area contributed by atoms with Crippen molar-refractivity contribution in [2.45, 2.75) is 13.5 Å². The first-order valence-electron chi connectivity index (χ1n) is 7.76. The van der Waals surface area contributed by atoms with Crippen molar-refractivity contribution < 1.29 is 14.3 Å². The standard InChI is InChI=1S/C19H18N2O4/c1-13-11-20-19(23)21(13)16-8-6-15(7-9-16)18(22)25-12-14-4-3-5-17(10-14)24-2/h3-11H,12H2,1-2H3,(H,20,23). The Labute approximate surface area is 144 Å². The summed E-state index contributed by atoms with van der Waals surface area (Å²) in [5.74, 6) is 0.290. The summed E-state index contributed by atoms with van der Waals surface area (Å²) in [6.07, 6.45) is 1.64. The van der Waals surface area contributed by atoms with E-state index in [0.29, 0.717) is 17.0 Å². The fraction of sp³-hybridized carbons (Fsp3) is 0.158. The van der Waals surface area contributed by atoms with Crippen molar-refractivity contribution in [2.75, 3.05) is 7.11 Å². The zero-order chi connectivity index (χ0) is 17.8. The molecule has 0 radical (unpaired) electrons. The highest BCUT2D eigenvalue weighted by atomic mass is 16.5. The Kier molecular flexibility index (Phi) is 4.70. The summed E-state index contributed by atoms with van der Waals surface area (Å²) in [6, 6.07) is 14.1. The van der Waals surface area contributed by atoms with Crippen molar-refractivity contribution in [2.24, 2.45) is 0 Å². The number of imidazole rings is 1. The van der Waals surface area contributed by atoms with Crippen molar-refractivity contribution in [3.8, 4) is 11.4 Å². The van der Waals surface area contributed by atoms with Crippen LogP contribution in [0.3, 0.4) is 0 Å². The van der Waals surface area contributed by atoms with Crippen LogP contribution in [0.25, 0.3) is 5.69 Å². The Hall–Kier alpha value is -3.28. The van der Waals surface area contributed by atoms with E-state index in [2.05, 4.69) is 4.98 Å². The number of methoxy groups -OCH3 is 1. The van der Waals surface area contributed by atoms with Gasteiger partial charge in [-0.1, -0.05) is 12.1 Å². The monoisotopic (exact) mass is 338 g/mol. The molecule has 0 bridgehead atoms. The van der Waals surface area contributed by atoms with Crippen LogP contribution >= 0.6 is 0 Å². The molecule has 25 heavy (non-hydrogen) atoms. The van der Waals surface area contributed by atoms with E-state index in [-0.39, 0.29) is 12.3 Å². The van der Waals surface area contributed by atoms with Crippen LogP contribution in [0.15, 0.2) is 59.5 Å². The van der Waals surface area contributed by atoms with Gasteiger partial charge in [-0.05, 0) is 48.9 Å². The van der Waals surface area contributed by atoms with Gasteiger partial charge in [0.2, 0.25) is 0 Å². The van der Waals surface area contributed by atoms with Gasteiger partial charge in [0.25, 0.3) is 0 Å². The molecule has 2 aromatic carbocycles. The van der Waals surface area contributed by atoms with Crippen LogP contribution in [0.4, 0.5) is 0 Å². The SMILES string of the molecule is COc1cccc(COC(=O)c2ccc(-n3c(C)c[nH]c3=O)cc2)c1. The zero-order valence-corrected chi connectivity index (χ0v) is 14.0. The number of aromatic amines is 1. The van der Waals surface area contributed by atoms with Crippen LogP contribution in [0, 0.1) is 6.92 Å². The van der Waals surface area contributed by atoms with Crippen molar-refractivity contribution >= 4 is 5.97 Å². The maximum Gasteiger partial charge on any atom is 0.338 e. The summed E-state index contributed by atoms with van der Waals surface area (Å²) < 4.78 is 12.0. The predicted molar refractivity (Wildman–Crippen MR) is 93.2 cm³/mol. The topological polar surface area (TPSA) is 73.3 Å². The molecule has 1 aromatic heterocycles. The predicted octanol–water partition coefficient (Wildman–Crippen LogP) is 2.84. The molecule has 1 heterocycles. The fourth-order valence-electron chi connectivity index (χ4n) is 2.52. The second-order valence-corrected chi connectivity index (χ2v) is 5.55. The number of hydrogen-bond donors (Lipinski definition) is 1. The number of carbonyl (C=O) groups is 1. The number of aryl methyl sites for hydroxylation is 1. The summed E-state index contributed by atoms with van der Waals surface area (Å²) in [5, 5.41) is 0. The molecule has 0 aliphatic rings. The minimum atomic E-state index is -0.424. The number of nitrogens with one attached hydrogen (secondary N) is 1. The Balaban J connectivity index is 1.69. The molecule has 6 nitrogen and oxygen atoms in total. The molecular weight excluding hydrogens is 320 g/mol. The third kappa shape index (κ3) is 3.63.